The van der Waals surface area contributed by atoms with Crippen LogP contribution in [0, 0.1) is 0 Å². The van der Waals surface area contributed by atoms with E-state index in [4.69, 9.17) is 9.47 Å². The van der Waals surface area contributed by atoms with E-state index in [1.807, 2.05) is 12.1 Å². The van der Waals surface area contributed by atoms with Gasteiger partial charge in [-0.15, -0.1) is 0 Å². The summed E-state index contributed by atoms with van der Waals surface area (Å²) >= 11 is 0. The molecule has 1 saturated heterocycles. The van der Waals surface area contributed by atoms with Crippen molar-refractivity contribution >= 4 is 5.69 Å². The van der Waals surface area contributed by atoms with Gasteiger partial charge in [-0.25, -0.2) is 0 Å². The number of nitrogens with one attached hydrogen (secondary N) is 1. The molecule has 1 aliphatic heterocycles. The smallest absolute Gasteiger partial charge is 0.119 e. The Labute approximate surface area is 128 Å². The number of rotatable bonds is 6. The molecule has 0 atom stereocenters. The molecular weight excluding hydrogens is 264 g/mol. The molecule has 118 valence electrons. The van der Waals surface area contributed by atoms with Gasteiger partial charge >= 0.3 is 0 Å². The third-order valence-electron chi connectivity index (χ3n) is 3.36. The minimum atomic E-state index is 0.0839. The lowest BCUT2D eigenvalue weighted by atomic mass is 10.1. The van der Waals surface area contributed by atoms with E-state index in [0.29, 0.717) is 0 Å². The van der Waals surface area contributed by atoms with E-state index in [1.54, 1.807) is 0 Å². The number of ether oxygens (including phenoxy) is 2. The van der Waals surface area contributed by atoms with Crippen LogP contribution in [0.5, 0.6) is 5.75 Å². The molecule has 0 saturated carbocycles. The van der Waals surface area contributed by atoms with E-state index in [9.17, 15) is 0 Å². The van der Waals surface area contributed by atoms with Crippen LogP contribution in [-0.2, 0) is 4.74 Å². The molecule has 1 aliphatic rings. The van der Waals surface area contributed by atoms with Crippen molar-refractivity contribution in [3.8, 4) is 5.75 Å². The van der Waals surface area contributed by atoms with Gasteiger partial charge in [-0.05, 0) is 51.5 Å². The summed E-state index contributed by atoms with van der Waals surface area (Å²) in [5.41, 5.74) is 1.21. The third-order valence-corrected chi connectivity index (χ3v) is 3.36. The highest BCUT2D eigenvalue weighted by atomic mass is 16.5. The van der Waals surface area contributed by atoms with Crippen LogP contribution in [0.4, 0.5) is 5.69 Å². The Kier molecular flexibility index (Phi) is 5.88. The van der Waals surface area contributed by atoms with Gasteiger partial charge in [0.05, 0.1) is 19.8 Å². The molecule has 1 N–H and O–H groups in total. The molecule has 4 heteroatoms. The Bertz CT molecular complexity index is 406. The zero-order valence-electron chi connectivity index (χ0n) is 13.5. The highest BCUT2D eigenvalue weighted by molar-refractivity contribution is 5.47. The lowest BCUT2D eigenvalue weighted by Gasteiger charge is -2.26. The first-order chi connectivity index (χ1) is 10.0. The van der Waals surface area contributed by atoms with Gasteiger partial charge in [-0.3, -0.25) is 4.90 Å². The van der Waals surface area contributed by atoms with Crippen LogP contribution in [-0.4, -0.2) is 49.9 Å². The van der Waals surface area contributed by atoms with Gasteiger partial charge in [0.25, 0.3) is 0 Å². The molecule has 1 heterocycles. The maximum atomic E-state index is 5.80. The summed E-state index contributed by atoms with van der Waals surface area (Å²) in [5, 5.41) is 3.44. The quantitative estimate of drug-likeness (QED) is 0.817. The number of hydrogen-bond donors (Lipinski definition) is 1. The van der Waals surface area contributed by atoms with Gasteiger partial charge in [0.1, 0.15) is 5.75 Å². The molecule has 0 unspecified atom stereocenters. The third kappa shape index (κ3) is 6.36. The zero-order valence-corrected chi connectivity index (χ0v) is 13.5. The first-order valence-electron chi connectivity index (χ1n) is 7.84. The fourth-order valence-electron chi connectivity index (χ4n) is 2.37. The Morgan fingerprint density at radius 1 is 1.14 bits per heavy atom. The van der Waals surface area contributed by atoms with Crippen molar-refractivity contribution in [1.29, 1.82) is 0 Å². The van der Waals surface area contributed by atoms with Gasteiger partial charge in [0.15, 0.2) is 0 Å². The van der Waals surface area contributed by atoms with E-state index in [-0.39, 0.29) is 5.54 Å². The lowest BCUT2D eigenvalue weighted by Crippen LogP contribution is -2.37. The molecule has 0 amide bonds. The molecule has 0 aliphatic carbocycles. The van der Waals surface area contributed by atoms with Crippen molar-refractivity contribution in [1.82, 2.24) is 4.90 Å². The van der Waals surface area contributed by atoms with Gasteiger partial charge in [-0.1, -0.05) is 0 Å². The summed E-state index contributed by atoms with van der Waals surface area (Å²) in [6.07, 6.45) is 1.06. The number of hydrogen-bond acceptors (Lipinski definition) is 4. The van der Waals surface area contributed by atoms with E-state index >= 15 is 0 Å². The average Bonchev–Trinajstić information content (AvgIpc) is 2.45. The Balaban J connectivity index is 1.66. The van der Waals surface area contributed by atoms with Crippen molar-refractivity contribution < 1.29 is 9.47 Å². The predicted molar refractivity (Wildman–Crippen MR) is 87.2 cm³/mol. The summed E-state index contributed by atoms with van der Waals surface area (Å²) in [5.74, 6) is 0.941. The summed E-state index contributed by atoms with van der Waals surface area (Å²) in [6, 6.07) is 8.21. The highest BCUT2D eigenvalue weighted by Gasteiger charge is 2.10. The first-order valence-corrected chi connectivity index (χ1v) is 7.84. The second-order valence-corrected chi connectivity index (χ2v) is 6.56. The van der Waals surface area contributed by atoms with Crippen molar-refractivity contribution in [2.24, 2.45) is 0 Å². The molecule has 1 fully saturated rings. The summed E-state index contributed by atoms with van der Waals surface area (Å²) in [4.78, 5) is 2.43. The average molecular weight is 292 g/mol. The van der Waals surface area contributed by atoms with Crippen molar-refractivity contribution in [3.63, 3.8) is 0 Å². The van der Waals surface area contributed by atoms with Gasteiger partial charge in [-0.2, -0.15) is 0 Å². The maximum Gasteiger partial charge on any atom is 0.119 e. The maximum absolute atomic E-state index is 5.80. The standard InChI is InChI=1S/C17H28N2O2/c1-17(2,3)18-15-5-7-16(8-6-15)21-12-4-9-19-10-13-20-14-11-19/h5-8,18H,4,9-14H2,1-3H3. The topological polar surface area (TPSA) is 33.7 Å². The van der Waals surface area contributed by atoms with Crippen LogP contribution in [0.1, 0.15) is 27.2 Å². The minimum Gasteiger partial charge on any atom is -0.494 e. The SMILES string of the molecule is CC(C)(C)Nc1ccc(OCCCN2CCOCC2)cc1. The molecular formula is C17H28N2O2. The lowest BCUT2D eigenvalue weighted by molar-refractivity contribution is 0.0358. The van der Waals surface area contributed by atoms with Crippen LogP contribution in [0.3, 0.4) is 0 Å². The Morgan fingerprint density at radius 3 is 2.43 bits per heavy atom. The Hall–Kier alpha value is -1.26. The second kappa shape index (κ2) is 7.66. The molecule has 0 aromatic heterocycles. The van der Waals surface area contributed by atoms with Crippen molar-refractivity contribution in [2.75, 3.05) is 44.8 Å². The largest absolute Gasteiger partial charge is 0.494 e. The van der Waals surface area contributed by atoms with Gasteiger partial charge < -0.3 is 14.8 Å². The molecule has 4 nitrogen and oxygen atoms in total. The fraction of sp³-hybridized carbons (Fsp3) is 0.647. The molecule has 21 heavy (non-hydrogen) atoms. The van der Waals surface area contributed by atoms with E-state index in [2.05, 4.69) is 43.1 Å². The van der Waals surface area contributed by atoms with Gasteiger partial charge in [0, 0.05) is 30.9 Å². The van der Waals surface area contributed by atoms with Crippen molar-refractivity contribution in [2.45, 2.75) is 32.7 Å². The molecule has 2 rings (SSSR count). The van der Waals surface area contributed by atoms with Crippen LogP contribution < -0.4 is 10.1 Å². The summed E-state index contributed by atoms with van der Waals surface area (Å²) in [6.45, 7) is 12.2. The first kappa shape index (κ1) is 16.1. The van der Waals surface area contributed by atoms with Crippen molar-refractivity contribution in [3.05, 3.63) is 24.3 Å². The molecule has 1 aromatic rings. The van der Waals surface area contributed by atoms with Crippen LogP contribution in [0.25, 0.3) is 0 Å². The highest BCUT2D eigenvalue weighted by Crippen LogP contribution is 2.19. The summed E-state index contributed by atoms with van der Waals surface area (Å²) in [7, 11) is 0. The number of benzene rings is 1. The van der Waals surface area contributed by atoms with E-state index < -0.39 is 0 Å². The summed E-state index contributed by atoms with van der Waals surface area (Å²) < 4.78 is 11.1. The molecule has 0 radical (unpaired) electrons. The van der Waals surface area contributed by atoms with Crippen LogP contribution >= 0.6 is 0 Å². The van der Waals surface area contributed by atoms with E-state index in [1.165, 1.54) is 0 Å². The van der Waals surface area contributed by atoms with Crippen LogP contribution in [0.2, 0.25) is 0 Å². The fourth-order valence-corrected chi connectivity index (χ4v) is 2.37. The zero-order chi connectivity index (χ0) is 15.1. The minimum absolute atomic E-state index is 0.0839. The number of morpholine rings is 1. The second-order valence-electron chi connectivity index (χ2n) is 6.56. The Morgan fingerprint density at radius 2 is 1.81 bits per heavy atom. The molecule has 0 bridgehead atoms. The van der Waals surface area contributed by atoms with Crippen LogP contribution in [0.15, 0.2) is 24.3 Å². The number of nitrogens with zero attached hydrogens (tertiary/aromatic N) is 1. The monoisotopic (exact) mass is 292 g/mol. The normalized spacial score (nSPS) is 16.7. The predicted octanol–water partition coefficient (Wildman–Crippen LogP) is 3.00. The number of anilines is 1. The van der Waals surface area contributed by atoms with E-state index in [0.717, 1.165) is 57.3 Å². The van der Waals surface area contributed by atoms with Gasteiger partial charge in [0.2, 0.25) is 0 Å². The molecule has 0 spiro atoms. The molecule has 1 aromatic carbocycles.